The number of carbonyl (C=O) groups excluding carboxylic acids is 1. The molecule has 1 amide bonds. The molecule has 3 heterocycles. The van der Waals surface area contributed by atoms with Crippen LogP contribution in [0.3, 0.4) is 0 Å². The van der Waals surface area contributed by atoms with Crippen LogP contribution in [0.4, 0.5) is 17.6 Å². The minimum Gasteiger partial charge on any atom is -0.434 e. The Bertz CT molecular complexity index is 1700. The highest BCUT2D eigenvalue weighted by Crippen LogP contribution is 2.50. The molecule has 3 aromatic carbocycles. The summed E-state index contributed by atoms with van der Waals surface area (Å²) in [6.45, 7) is -0.334. The highest BCUT2D eigenvalue weighted by atomic mass is 31.2. The van der Waals surface area contributed by atoms with Crippen molar-refractivity contribution in [3.63, 3.8) is 0 Å². The van der Waals surface area contributed by atoms with E-state index in [1.165, 1.54) is 42.5 Å². The van der Waals surface area contributed by atoms with Gasteiger partial charge in [-0.25, -0.2) is 13.8 Å². The first-order valence-corrected chi connectivity index (χ1v) is 14.5. The van der Waals surface area contributed by atoms with Crippen molar-refractivity contribution in [3.05, 3.63) is 77.1 Å². The van der Waals surface area contributed by atoms with Crippen LogP contribution in [0.25, 0.3) is 22.2 Å². The number of hydrogen-bond acceptors (Lipinski definition) is 4. The SMILES string of the molecule is CN1C(=O)c2cccc(OC(F)F)c2[C@H]2C[C@@H]1c1nc3ccc(-c4ccc(P(C)(C)=O)c(F)c4F)cc3n12. The zero-order valence-electron chi connectivity index (χ0n) is 20.6. The van der Waals surface area contributed by atoms with E-state index in [0.717, 1.165) is 0 Å². The molecule has 196 valence electrons. The number of hydrogen-bond donors (Lipinski definition) is 0. The molecule has 0 saturated carbocycles. The standard InChI is InChI=1S/C27H22F4N3O3P/c1-33-19-12-18(22-15(26(33)35)5-4-6-20(22)37-27(30)31)34-17-11-13(7-9-16(17)32-25(19)34)14-8-10-21(38(2,3)36)24(29)23(14)28/h4-11,18-19,27H,12H2,1-3H3/t18-,19-/m1/s1. The lowest BCUT2D eigenvalue weighted by Gasteiger charge is -2.24. The van der Waals surface area contributed by atoms with Crippen molar-refractivity contribution in [3.8, 4) is 16.9 Å². The van der Waals surface area contributed by atoms with Crippen LogP contribution in [0.2, 0.25) is 0 Å². The van der Waals surface area contributed by atoms with Gasteiger partial charge in [0.25, 0.3) is 5.91 Å². The number of rotatable bonds is 4. The van der Waals surface area contributed by atoms with E-state index in [-0.39, 0.29) is 28.1 Å². The molecule has 2 aliphatic rings. The van der Waals surface area contributed by atoms with Gasteiger partial charge in [0.1, 0.15) is 18.7 Å². The van der Waals surface area contributed by atoms with E-state index in [1.54, 1.807) is 31.3 Å². The van der Waals surface area contributed by atoms with Gasteiger partial charge in [0.05, 0.1) is 28.4 Å². The van der Waals surface area contributed by atoms with Crippen molar-refractivity contribution in [2.75, 3.05) is 20.4 Å². The van der Waals surface area contributed by atoms with Crippen molar-refractivity contribution >= 4 is 29.4 Å². The summed E-state index contributed by atoms with van der Waals surface area (Å²) in [7, 11) is -1.40. The lowest BCUT2D eigenvalue weighted by Crippen LogP contribution is -2.30. The topological polar surface area (TPSA) is 64.4 Å². The van der Waals surface area contributed by atoms with E-state index in [1.807, 2.05) is 4.57 Å². The van der Waals surface area contributed by atoms with Crippen LogP contribution in [0.5, 0.6) is 5.75 Å². The fraction of sp³-hybridized carbons (Fsp3) is 0.259. The molecule has 1 aromatic heterocycles. The first-order valence-electron chi connectivity index (χ1n) is 11.9. The maximum Gasteiger partial charge on any atom is 0.387 e. The number of nitrogens with zero attached hydrogens (tertiary/aromatic N) is 3. The molecule has 4 aromatic rings. The Hall–Kier alpha value is -3.65. The van der Waals surface area contributed by atoms with E-state index >= 15 is 4.39 Å². The van der Waals surface area contributed by atoms with Gasteiger partial charge in [0.2, 0.25) is 0 Å². The van der Waals surface area contributed by atoms with Gasteiger partial charge in [-0.15, -0.1) is 0 Å². The summed E-state index contributed by atoms with van der Waals surface area (Å²) >= 11 is 0. The first-order chi connectivity index (χ1) is 18.0. The van der Waals surface area contributed by atoms with Gasteiger partial charge in [-0.05, 0) is 49.2 Å². The predicted octanol–water partition coefficient (Wildman–Crippen LogP) is 5.95. The van der Waals surface area contributed by atoms with Crippen LogP contribution in [-0.2, 0) is 4.57 Å². The second-order valence-electron chi connectivity index (χ2n) is 9.93. The molecule has 2 aliphatic heterocycles. The molecule has 2 atom stereocenters. The predicted molar refractivity (Wildman–Crippen MR) is 135 cm³/mol. The number of alkyl halides is 2. The molecule has 6 nitrogen and oxygen atoms in total. The Morgan fingerprint density at radius 2 is 1.79 bits per heavy atom. The number of halogens is 4. The zero-order chi connectivity index (χ0) is 27.1. The normalized spacial score (nSPS) is 18.6. The van der Waals surface area contributed by atoms with Crippen molar-refractivity contribution in [1.82, 2.24) is 14.5 Å². The molecule has 2 bridgehead atoms. The van der Waals surface area contributed by atoms with Crippen molar-refractivity contribution in [1.29, 1.82) is 0 Å². The van der Waals surface area contributed by atoms with Crippen LogP contribution in [0.1, 0.15) is 40.3 Å². The molecule has 0 aliphatic carbocycles. The van der Waals surface area contributed by atoms with E-state index in [4.69, 9.17) is 9.72 Å². The number of amides is 1. The number of imidazole rings is 1. The maximum absolute atomic E-state index is 15.2. The summed E-state index contributed by atoms with van der Waals surface area (Å²) in [4.78, 5) is 19.5. The summed E-state index contributed by atoms with van der Waals surface area (Å²) in [5.74, 6) is -2.11. The van der Waals surface area contributed by atoms with Gasteiger partial charge in [-0.2, -0.15) is 8.78 Å². The fourth-order valence-corrected chi connectivity index (χ4v) is 6.63. The minimum atomic E-state index is -3.08. The number of fused-ring (bicyclic) bond motifs is 9. The van der Waals surface area contributed by atoms with Gasteiger partial charge in [0.15, 0.2) is 11.6 Å². The van der Waals surface area contributed by atoms with E-state index in [0.29, 0.717) is 34.4 Å². The van der Waals surface area contributed by atoms with Crippen LogP contribution in [0.15, 0.2) is 48.5 Å². The zero-order valence-corrected chi connectivity index (χ0v) is 21.5. The molecule has 0 fully saturated rings. The van der Waals surface area contributed by atoms with Gasteiger partial charge in [-0.1, -0.05) is 18.2 Å². The maximum atomic E-state index is 15.2. The molecule has 6 rings (SSSR count). The Kier molecular flexibility index (Phi) is 5.47. The summed E-state index contributed by atoms with van der Waals surface area (Å²) in [6, 6.07) is 11.2. The number of aromatic nitrogens is 2. The fourth-order valence-electron chi connectivity index (χ4n) is 5.62. The Morgan fingerprint density at radius 3 is 2.50 bits per heavy atom. The molecular weight excluding hydrogens is 521 g/mol. The molecule has 11 heteroatoms. The smallest absolute Gasteiger partial charge is 0.387 e. The Labute approximate surface area is 215 Å². The van der Waals surface area contributed by atoms with E-state index in [9.17, 15) is 22.5 Å². The van der Waals surface area contributed by atoms with Crippen LogP contribution >= 0.6 is 7.14 Å². The molecule has 38 heavy (non-hydrogen) atoms. The molecule has 0 unspecified atom stereocenters. The van der Waals surface area contributed by atoms with Crippen LogP contribution < -0.4 is 10.0 Å². The summed E-state index contributed by atoms with van der Waals surface area (Å²) in [6.07, 6.45) is 0.390. The third-order valence-corrected chi connectivity index (χ3v) is 8.87. The lowest BCUT2D eigenvalue weighted by molar-refractivity contribution is -0.0507. The second kappa shape index (κ2) is 8.43. The summed E-state index contributed by atoms with van der Waals surface area (Å²) < 4.78 is 75.6. The Balaban J connectivity index is 1.56. The highest BCUT2D eigenvalue weighted by Gasteiger charge is 2.45. The summed E-state index contributed by atoms with van der Waals surface area (Å²) in [5, 5.41) is -0.161. The molecule has 0 saturated heterocycles. The van der Waals surface area contributed by atoms with Crippen LogP contribution in [-0.4, -0.2) is 47.3 Å². The molecule has 0 radical (unpaired) electrons. The monoisotopic (exact) mass is 543 g/mol. The van der Waals surface area contributed by atoms with Crippen molar-refractivity contribution in [2.24, 2.45) is 0 Å². The molecule has 0 N–H and O–H groups in total. The third-order valence-electron chi connectivity index (χ3n) is 7.36. The van der Waals surface area contributed by atoms with Gasteiger partial charge < -0.3 is 18.8 Å². The number of ether oxygens (including phenoxy) is 1. The minimum absolute atomic E-state index is 0.00948. The molecular formula is C27H22F4N3O3P. The Morgan fingerprint density at radius 1 is 1.03 bits per heavy atom. The summed E-state index contributed by atoms with van der Waals surface area (Å²) in [5.41, 5.74) is 2.08. The van der Waals surface area contributed by atoms with Crippen molar-refractivity contribution < 1.29 is 31.7 Å². The van der Waals surface area contributed by atoms with Gasteiger partial charge in [-0.3, -0.25) is 4.79 Å². The number of carbonyl (C=O) groups is 1. The lowest BCUT2D eigenvalue weighted by atomic mass is 9.97. The van der Waals surface area contributed by atoms with E-state index in [2.05, 4.69) is 0 Å². The largest absolute Gasteiger partial charge is 0.434 e. The average molecular weight is 543 g/mol. The number of benzene rings is 3. The van der Waals surface area contributed by atoms with E-state index < -0.39 is 37.5 Å². The van der Waals surface area contributed by atoms with Gasteiger partial charge in [0, 0.05) is 30.2 Å². The van der Waals surface area contributed by atoms with Gasteiger partial charge >= 0.3 is 6.61 Å². The first kappa shape index (κ1) is 24.7. The van der Waals surface area contributed by atoms with Crippen molar-refractivity contribution in [2.45, 2.75) is 25.1 Å². The third kappa shape index (κ3) is 3.57. The molecule has 0 spiro atoms. The van der Waals surface area contributed by atoms with Crippen LogP contribution in [0, 0.1) is 11.6 Å². The quantitative estimate of drug-likeness (QED) is 0.236. The second-order valence-corrected chi connectivity index (χ2v) is 13.1. The average Bonchev–Trinajstić information content (AvgIpc) is 3.37. The highest BCUT2D eigenvalue weighted by molar-refractivity contribution is 7.70.